The van der Waals surface area contributed by atoms with E-state index in [-0.39, 0.29) is 11.8 Å². The average Bonchev–Trinajstić information content (AvgIpc) is 3.09. The number of benzene rings is 3. The van der Waals surface area contributed by atoms with E-state index >= 15 is 0 Å². The number of hydrazone groups is 1. The van der Waals surface area contributed by atoms with Gasteiger partial charge in [-0.2, -0.15) is 0 Å². The van der Waals surface area contributed by atoms with Crippen molar-refractivity contribution in [1.29, 1.82) is 0 Å². The first-order valence-corrected chi connectivity index (χ1v) is 11.1. The number of halogens is 2. The molecule has 1 heterocycles. The second kappa shape index (κ2) is 9.65. The van der Waals surface area contributed by atoms with Crippen LogP contribution in [0, 0.1) is 0 Å². The summed E-state index contributed by atoms with van der Waals surface area (Å²) in [5.74, 6) is -0.665. The fourth-order valence-electron chi connectivity index (χ4n) is 3.69. The summed E-state index contributed by atoms with van der Waals surface area (Å²) in [6.07, 6.45) is 1.85. The highest BCUT2D eigenvalue weighted by atomic mass is 35.5. The first kappa shape index (κ1) is 22.8. The van der Waals surface area contributed by atoms with E-state index in [2.05, 4.69) is 10.7 Å². The van der Waals surface area contributed by atoms with Crippen molar-refractivity contribution in [2.75, 3.05) is 19.0 Å². The molecular formula is C25H23Cl2N4O2+. The van der Waals surface area contributed by atoms with Crippen molar-refractivity contribution in [1.82, 2.24) is 10.7 Å². The largest absolute Gasteiger partial charge is 0.378 e. The molecule has 1 saturated heterocycles. The summed E-state index contributed by atoms with van der Waals surface area (Å²) >= 11 is 12.0. The molecule has 2 N–H and O–H groups in total. The van der Waals surface area contributed by atoms with Crippen molar-refractivity contribution in [3.05, 3.63) is 99.5 Å². The van der Waals surface area contributed by atoms with E-state index in [1.807, 2.05) is 61.6 Å². The maximum absolute atomic E-state index is 12.9. The number of nitrogens with zero attached hydrogens (tertiary/aromatic N) is 2. The van der Waals surface area contributed by atoms with Gasteiger partial charge in [-0.3, -0.25) is 9.59 Å². The van der Waals surface area contributed by atoms with Gasteiger partial charge in [-0.15, -0.1) is 10.1 Å². The van der Waals surface area contributed by atoms with Gasteiger partial charge in [-0.05, 0) is 60.7 Å². The number of hydrazine groups is 1. The predicted molar refractivity (Wildman–Crippen MR) is 131 cm³/mol. The number of nitrogens with one attached hydrogen (secondary N) is 2. The van der Waals surface area contributed by atoms with Gasteiger partial charge < -0.3 is 10.2 Å². The maximum Gasteiger partial charge on any atom is 0.304 e. The van der Waals surface area contributed by atoms with E-state index in [9.17, 15) is 9.59 Å². The van der Waals surface area contributed by atoms with Crippen LogP contribution < -0.4 is 15.6 Å². The Bertz CT molecular complexity index is 1190. The Hall–Kier alpha value is -3.35. The Morgan fingerprint density at radius 2 is 1.52 bits per heavy atom. The highest BCUT2D eigenvalue weighted by molar-refractivity contribution is 6.30. The molecule has 3 aromatic rings. The Morgan fingerprint density at radius 1 is 0.939 bits per heavy atom. The van der Waals surface area contributed by atoms with Crippen LogP contribution >= 0.6 is 23.2 Å². The molecule has 8 heteroatoms. The SMILES string of the molecule is CN(C)c1ccc(/C=[N+]2\NC(=O)[C@H](NC(=O)c3ccc(Cl)cc3)[C@H]2c2ccc(Cl)cc2)cc1. The number of rotatable bonds is 5. The Labute approximate surface area is 202 Å². The molecule has 0 radical (unpaired) electrons. The topological polar surface area (TPSA) is 64.5 Å². The summed E-state index contributed by atoms with van der Waals surface area (Å²) < 4.78 is 1.73. The van der Waals surface area contributed by atoms with Crippen molar-refractivity contribution < 1.29 is 14.3 Å². The number of amides is 2. The van der Waals surface area contributed by atoms with Gasteiger partial charge >= 0.3 is 5.91 Å². The van der Waals surface area contributed by atoms with Crippen molar-refractivity contribution >= 4 is 46.9 Å². The van der Waals surface area contributed by atoms with Crippen molar-refractivity contribution in [2.45, 2.75) is 12.1 Å². The second-order valence-corrected chi connectivity index (χ2v) is 8.83. The molecule has 1 aliphatic heterocycles. The molecular weight excluding hydrogens is 459 g/mol. The summed E-state index contributed by atoms with van der Waals surface area (Å²) in [5.41, 5.74) is 6.11. The van der Waals surface area contributed by atoms with E-state index in [0.717, 1.165) is 16.8 Å². The van der Waals surface area contributed by atoms with Crippen LogP contribution in [0.25, 0.3) is 0 Å². The number of anilines is 1. The van der Waals surface area contributed by atoms with Gasteiger partial charge in [0, 0.05) is 46.5 Å². The summed E-state index contributed by atoms with van der Waals surface area (Å²) in [5, 5.41) is 4.00. The van der Waals surface area contributed by atoms with Gasteiger partial charge in [-0.25, -0.2) is 0 Å². The third kappa shape index (κ3) is 5.18. The molecule has 168 valence electrons. The first-order valence-electron chi connectivity index (χ1n) is 10.3. The van der Waals surface area contributed by atoms with E-state index in [0.29, 0.717) is 15.6 Å². The molecule has 0 spiro atoms. The van der Waals surface area contributed by atoms with Crippen LogP contribution in [0.5, 0.6) is 0 Å². The van der Waals surface area contributed by atoms with Crippen molar-refractivity contribution in [3.63, 3.8) is 0 Å². The lowest BCUT2D eigenvalue weighted by Gasteiger charge is -2.15. The minimum atomic E-state index is -0.813. The van der Waals surface area contributed by atoms with Crippen LogP contribution in [0.15, 0.2) is 72.8 Å². The normalized spacial score (nSPS) is 18.8. The molecule has 1 fully saturated rings. The predicted octanol–water partition coefficient (Wildman–Crippen LogP) is 4.08. The molecule has 33 heavy (non-hydrogen) atoms. The summed E-state index contributed by atoms with van der Waals surface area (Å²) in [7, 11) is 3.95. The number of carbonyl (C=O) groups is 2. The molecule has 0 unspecified atom stereocenters. The molecule has 6 nitrogen and oxygen atoms in total. The standard InChI is InChI=1S/C25H22Cl2N4O2/c1-30(2)21-13-3-16(4-14-21)15-31-23(17-5-9-19(26)10-6-17)22(25(33)29-31)28-24(32)18-7-11-20(27)12-8-18/h3-15,22-23H,1-2H3,(H-,28,29,32,33)/p+1/t22-,23-/m1/s1. The van der Waals surface area contributed by atoms with E-state index in [1.165, 1.54) is 0 Å². The molecule has 2 amide bonds. The molecule has 4 rings (SSSR count). The quantitative estimate of drug-likeness (QED) is 0.539. The zero-order chi connectivity index (χ0) is 23.5. The third-order valence-electron chi connectivity index (χ3n) is 5.44. The Morgan fingerprint density at radius 3 is 2.09 bits per heavy atom. The van der Waals surface area contributed by atoms with Crippen LogP contribution in [0.2, 0.25) is 10.0 Å². The molecule has 3 aromatic carbocycles. The van der Waals surface area contributed by atoms with Gasteiger partial charge in [0.25, 0.3) is 5.91 Å². The van der Waals surface area contributed by atoms with Crippen molar-refractivity contribution in [3.8, 4) is 0 Å². The molecule has 0 aromatic heterocycles. The molecule has 0 aliphatic carbocycles. The smallest absolute Gasteiger partial charge is 0.304 e. The minimum Gasteiger partial charge on any atom is -0.378 e. The lowest BCUT2D eigenvalue weighted by Crippen LogP contribution is -2.42. The van der Waals surface area contributed by atoms with Gasteiger partial charge in [0.05, 0.1) is 0 Å². The zero-order valence-electron chi connectivity index (χ0n) is 18.1. The first-order chi connectivity index (χ1) is 15.8. The third-order valence-corrected chi connectivity index (χ3v) is 5.94. The fourth-order valence-corrected chi connectivity index (χ4v) is 3.94. The van der Waals surface area contributed by atoms with Crippen LogP contribution in [0.1, 0.15) is 27.5 Å². The molecule has 2 atom stereocenters. The zero-order valence-corrected chi connectivity index (χ0v) is 19.6. The fraction of sp³-hybridized carbons (Fsp3) is 0.160. The second-order valence-electron chi connectivity index (χ2n) is 7.95. The number of hydrogen-bond acceptors (Lipinski definition) is 3. The molecule has 1 aliphatic rings. The van der Waals surface area contributed by atoms with Gasteiger partial charge in [0.2, 0.25) is 12.3 Å². The highest BCUT2D eigenvalue weighted by Gasteiger charge is 2.47. The van der Waals surface area contributed by atoms with Gasteiger partial charge in [0.1, 0.15) is 0 Å². The van der Waals surface area contributed by atoms with Crippen molar-refractivity contribution in [2.24, 2.45) is 0 Å². The summed E-state index contributed by atoms with van der Waals surface area (Å²) in [4.78, 5) is 27.8. The van der Waals surface area contributed by atoms with Gasteiger partial charge in [0.15, 0.2) is 6.04 Å². The van der Waals surface area contributed by atoms with Gasteiger partial charge in [-0.1, -0.05) is 35.3 Å². The summed E-state index contributed by atoms with van der Waals surface area (Å²) in [6.45, 7) is 0. The molecule has 0 saturated carbocycles. The highest BCUT2D eigenvalue weighted by Crippen LogP contribution is 2.27. The summed E-state index contributed by atoms with van der Waals surface area (Å²) in [6, 6.07) is 20.4. The Balaban J connectivity index is 1.68. The number of hydrogen-bond donors (Lipinski definition) is 2. The maximum atomic E-state index is 12.9. The molecule has 0 bridgehead atoms. The van der Waals surface area contributed by atoms with Crippen LogP contribution in [0.4, 0.5) is 5.69 Å². The van der Waals surface area contributed by atoms with Crippen LogP contribution in [0.3, 0.4) is 0 Å². The van der Waals surface area contributed by atoms with E-state index < -0.39 is 12.1 Å². The number of carbonyl (C=O) groups excluding carboxylic acids is 2. The lowest BCUT2D eigenvalue weighted by atomic mass is 9.99. The monoisotopic (exact) mass is 481 g/mol. The van der Waals surface area contributed by atoms with Crippen LogP contribution in [-0.2, 0) is 4.79 Å². The van der Waals surface area contributed by atoms with E-state index in [4.69, 9.17) is 23.2 Å². The minimum absolute atomic E-state index is 0.307. The van der Waals surface area contributed by atoms with Crippen LogP contribution in [-0.4, -0.2) is 42.9 Å². The van der Waals surface area contributed by atoms with E-state index in [1.54, 1.807) is 41.1 Å². The Kier molecular flexibility index (Phi) is 6.67. The average molecular weight is 482 g/mol. The lowest BCUT2D eigenvalue weighted by molar-refractivity contribution is -0.596.